The Morgan fingerprint density at radius 1 is 1.00 bits per heavy atom. The molecule has 2 heterocycles. The van der Waals surface area contributed by atoms with Crippen LogP contribution in [0.1, 0.15) is 5.56 Å². The zero-order valence-corrected chi connectivity index (χ0v) is 16.2. The first-order valence-electron chi connectivity index (χ1n) is 9.28. The van der Waals surface area contributed by atoms with Crippen molar-refractivity contribution in [1.29, 1.82) is 0 Å². The summed E-state index contributed by atoms with van der Waals surface area (Å²) in [5.74, 6) is 1.32. The predicted molar refractivity (Wildman–Crippen MR) is 114 cm³/mol. The van der Waals surface area contributed by atoms with Gasteiger partial charge in [-0.3, -0.25) is 0 Å². The molecule has 0 radical (unpaired) electrons. The van der Waals surface area contributed by atoms with E-state index in [1.54, 1.807) is 6.20 Å². The second kappa shape index (κ2) is 8.91. The average molecular weight is 396 g/mol. The molecule has 0 atom stereocenters. The standard InChI is InChI=1S/C21H22ClN5O/c22-17-7-5-16(6-8-17)15-24-21-23-10-9-20(26-21)25-18-3-1-2-4-19(18)27-11-13-28-14-12-27/h1-10H,11-15H2,(H2,23,24,25,26). The van der Waals surface area contributed by atoms with Gasteiger partial charge in [-0.25, -0.2) is 4.98 Å². The van der Waals surface area contributed by atoms with E-state index in [1.807, 2.05) is 36.4 Å². The summed E-state index contributed by atoms with van der Waals surface area (Å²) in [7, 11) is 0. The Hall–Kier alpha value is -2.83. The molecule has 6 nitrogen and oxygen atoms in total. The molecule has 0 spiro atoms. The van der Waals surface area contributed by atoms with Crippen molar-refractivity contribution in [3.8, 4) is 0 Å². The summed E-state index contributed by atoms with van der Waals surface area (Å²) in [4.78, 5) is 11.2. The van der Waals surface area contributed by atoms with Crippen molar-refractivity contribution in [1.82, 2.24) is 9.97 Å². The lowest BCUT2D eigenvalue weighted by Crippen LogP contribution is -2.36. The fourth-order valence-electron chi connectivity index (χ4n) is 3.09. The van der Waals surface area contributed by atoms with Gasteiger partial charge in [0.05, 0.1) is 24.6 Å². The van der Waals surface area contributed by atoms with Crippen LogP contribution in [0.3, 0.4) is 0 Å². The topological polar surface area (TPSA) is 62.3 Å². The smallest absolute Gasteiger partial charge is 0.224 e. The molecule has 3 aromatic rings. The fourth-order valence-corrected chi connectivity index (χ4v) is 3.22. The highest BCUT2D eigenvalue weighted by atomic mass is 35.5. The molecule has 144 valence electrons. The van der Waals surface area contributed by atoms with Gasteiger partial charge in [0.1, 0.15) is 5.82 Å². The second-order valence-corrected chi connectivity index (χ2v) is 6.92. The number of nitrogens with zero attached hydrogens (tertiary/aromatic N) is 3. The number of halogens is 1. The van der Waals surface area contributed by atoms with Gasteiger partial charge in [-0.1, -0.05) is 35.9 Å². The molecule has 1 aromatic heterocycles. The summed E-state index contributed by atoms with van der Waals surface area (Å²) in [5.41, 5.74) is 3.29. The van der Waals surface area contributed by atoms with Crippen molar-refractivity contribution < 1.29 is 4.74 Å². The summed E-state index contributed by atoms with van der Waals surface area (Å²) >= 11 is 5.93. The molecule has 0 bridgehead atoms. The third-order valence-electron chi connectivity index (χ3n) is 4.54. The molecule has 2 aromatic carbocycles. The van der Waals surface area contributed by atoms with E-state index in [-0.39, 0.29) is 0 Å². The maximum absolute atomic E-state index is 5.93. The van der Waals surface area contributed by atoms with E-state index < -0.39 is 0 Å². The summed E-state index contributed by atoms with van der Waals surface area (Å²) in [5, 5.41) is 7.40. The number of morpholine rings is 1. The number of nitrogens with one attached hydrogen (secondary N) is 2. The summed E-state index contributed by atoms with van der Waals surface area (Å²) in [6.45, 7) is 3.90. The third kappa shape index (κ3) is 4.71. The zero-order valence-electron chi connectivity index (χ0n) is 15.4. The highest BCUT2D eigenvalue weighted by Crippen LogP contribution is 2.28. The molecule has 1 aliphatic heterocycles. The number of rotatable bonds is 6. The van der Waals surface area contributed by atoms with Crippen molar-refractivity contribution in [3.63, 3.8) is 0 Å². The van der Waals surface area contributed by atoms with Gasteiger partial charge in [0.25, 0.3) is 0 Å². The maximum Gasteiger partial charge on any atom is 0.224 e. The van der Waals surface area contributed by atoms with E-state index in [0.717, 1.165) is 54.1 Å². The minimum absolute atomic E-state index is 0.573. The summed E-state index contributed by atoms with van der Waals surface area (Å²) < 4.78 is 5.47. The molecule has 28 heavy (non-hydrogen) atoms. The molecular weight excluding hydrogens is 374 g/mol. The SMILES string of the molecule is Clc1ccc(CNc2nccc(Nc3ccccc3N3CCOCC3)n2)cc1. The van der Waals surface area contributed by atoms with Gasteiger partial charge in [0, 0.05) is 30.9 Å². The van der Waals surface area contributed by atoms with Gasteiger partial charge in [0.2, 0.25) is 5.95 Å². The normalized spacial score (nSPS) is 14.0. The van der Waals surface area contributed by atoms with Crippen LogP contribution in [0.2, 0.25) is 5.02 Å². The van der Waals surface area contributed by atoms with Crippen LogP contribution in [0.15, 0.2) is 60.8 Å². The Labute approximate surface area is 169 Å². The van der Waals surface area contributed by atoms with Gasteiger partial charge in [-0.2, -0.15) is 4.98 Å². The largest absolute Gasteiger partial charge is 0.378 e. The van der Waals surface area contributed by atoms with Crippen molar-refractivity contribution in [2.24, 2.45) is 0 Å². The first kappa shape index (κ1) is 18.5. The number of hydrogen-bond acceptors (Lipinski definition) is 6. The average Bonchev–Trinajstić information content (AvgIpc) is 2.75. The van der Waals surface area contributed by atoms with E-state index in [4.69, 9.17) is 16.3 Å². The highest BCUT2D eigenvalue weighted by Gasteiger charge is 2.14. The van der Waals surface area contributed by atoms with Gasteiger partial charge in [0.15, 0.2) is 0 Å². The van der Waals surface area contributed by atoms with Crippen LogP contribution in [-0.2, 0) is 11.3 Å². The highest BCUT2D eigenvalue weighted by molar-refractivity contribution is 6.30. The summed E-state index contributed by atoms with van der Waals surface area (Å²) in [6, 6.07) is 17.8. The Balaban J connectivity index is 1.45. The molecule has 4 rings (SSSR count). The number of anilines is 4. The minimum atomic E-state index is 0.573. The molecule has 1 aliphatic rings. The molecule has 1 fully saturated rings. The van der Waals surface area contributed by atoms with Gasteiger partial charge in [-0.05, 0) is 35.9 Å². The number of aromatic nitrogens is 2. The molecular formula is C21H22ClN5O. The van der Waals surface area contributed by atoms with Crippen molar-refractivity contribution in [2.45, 2.75) is 6.54 Å². The van der Waals surface area contributed by atoms with Crippen LogP contribution in [0.4, 0.5) is 23.1 Å². The van der Waals surface area contributed by atoms with Crippen molar-refractivity contribution >= 4 is 34.7 Å². The molecule has 1 saturated heterocycles. The van der Waals surface area contributed by atoms with Crippen LogP contribution >= 0.6 is 11.6 Å². The molecule has 2 N–H and O–H groups in total. The Morgan fingerprint density at radius 2 is 1.79 bits per heavy atom. The maximum atomic E-state index is 5.93. The van der Waals surface area contributed by atoms with Gasteiger partial charge in [-0.15, -0.1) is 0 Å². The molecule has 0 amide bonds. The van der Waals surface area contributed by atoms with Crippen LogP contribution < -0.4 is 15.5 Å². The van der Waals surface area contributed by atoms with Crippen LogP contribution in [0.5, 0.6) is 0 Å². The van der Waals surface area contributed by atoms with E-state index >= 15 is 0 Å². The zero-order chi connectivity index (χ0) is 19.2. The molecule has 0 unspecified atom stereocenters. The van der Waals surface area contributed by atoms with E-state index in [9.17, 15) is 0 Å². The van der Waals surface area contributed by atoms with E-state index in [2.05, 4.69) is 43.7 Å². The van der Waals surface area contributed by atoms with Crippen LogP contribution in [-0.4, -0.2) is 36.3 Å². The molecule has 0 aliphatic carbocycles. The van der Waals surface area contributed by atoms with E-state index in [0.29, 0.717) is 12.5 Å². The predicted octanol–water partition coefficient (Wildman–Crippen LogP) is 4.32. The minimum Gasteiger partial charge on any atom is -0.378 e. The monoisotopic (exact) mass is 395 g/mol. The molecule has 0 saturated carbocycles. The van der Waals surface area contributed by atoms with Crippen LogP contribution in [0.25, 0.3) is 0 Å². The third-order valence-corrected chi connectivity index (χ3v) is 4.79. The number of benzene rings is 2. The van der Waals surface area contributed by atoms with Crippen molar-refractivity contribution in [2.75, 3.05) is 41.8 Å². The Bertz CT molecular complexity index is 913. The van der Waals surface area contributed by atoms with E-state index in [1.165, 1.54) is 0 Å². The quantitative estimate of drug-likeness (QED) is 0.648. The lowest BCUT2D eigenvalue weighted by Gasteiger charge is -2.30. The lowest BCUT2D eigenvalue weighted by molar-refractivity contribution is 0.123. The summed E-state index contributed by atoms with van der Waals surface area (Å²) in [6.07, 6.45) is 1.75. The van der Waals surface area contributed by atoms with Gasteiger partial charge >= 0.3 is 0 Å². The first-order chi connectivity index (χ1) is 13.8. The number of ether oxygens (including phenoxy) is 1. The number of hydrogen-bond donors (Lipinski definition) is 2. The molecule has 7 heteroatoms. The van der Waals surface area contributed by atoms with Crippen LogP contribution in [0, 0.1) is 0 Å². The van der Waals surface area contributed by atoms with Crippen molar-refractivity contribution in [3.05, 3.63) is 71.4 Å². The number of para-hydroxylation sites is 2. The Morgan fingerprint density at radius 3 is 2.61 bits per heavy atom. The Kier molecular flexibility index (Phi) is 5.89. The fraction of sp³-hybridized carbons (Fsp3) is 0.238. The van der Waals surface area contributed by atoms with Gasteiger partial charge < -0.3 is 20.3 Å². The second-order valence-electron chi connectivity index (χ2n) is 6.49. The first-order valence-corrected chi connectivity index (χ1v) is 9.66. The lowest BCUT2D eigenvalue weighted by atomic mass is 10.2.